The van der Waals surface area contributed by atoms with Crippen molar-refractivity contribution in [3.8, 4) is 6.07 Å². The van der Waals surface area contributed by atoms with Gasteiger partial charge in [0.05, 0.1) is 16.6 Å². The Hall–Kier alpha value is -2.39. The molecule has 21 heavy (non-hydrogen) atoms. The number of nitro benzene ring substituents is 1. The molecule has 1 aromatic heterocycles. The molecule has 1 unspecified atom stereocenters. The highest BCUT2D eigenvalue weighted by atomic mass is 32.1. The third-order valence-electron chi connectivity index (χ3n) is 3.24. The summed E-state index contributed by atoms with van der Waals surface area (Å²) in [6.07, 6.45) is 0. The van der Waals surface area contributed by atoms with Crippen LogP contribution in [0.15, 0.2) is 24.3 Å². The van der Waals surface area contributed by atoms with Gasteiger partial charge in [-0.25, -0.2) is 0 Å². The number of aryl methyl sites for hydroxylation is 2. The first-order chi connectivity index (χ1) is 9.92. The first-order valence-corrected chi connectivity index (χ1v) is 7.26. The Morgan fingerprint density at radius 1 is 1.38 bits per heavy atom. The van der Waals surface area contributed by atoms with E-state index in [0.717, 1.165) is 5.56 Å². The van der Waals surface area contributed by atoms with E-state index < -0.39 is 4.92 Å². The van der Waals surface area contributed by atoms with E-state index in [2.05, 4.69) is 11.4 Å². The van der Waals surface area contributed by atoms with Crippen LogP contribution < -0.4 is 5.32 Å². The quantitative estimate of drug-likeness (QED) is 0.673. The van der Waals surface area contributed by atoms with Gasteiger partial charge in [-0.05, 0) is 44.5 Å². The Bertz CT molecular complexity index is 731. The van der Waals surface area contributed by atoms with Gasteiger partial charge in [-0.3, -0.25) is 10.1 Å². The molecule has 0 spiro atoms. The average molecular weight is 301 g/mol. The van der Waals surface area contributed by atoms with Crippen molar-refractivity contribution < 1.29 is 4.92 Å². The monoisotopic (exact) mass is 301 g/mol. The van der Waals surface area contributed by atoms with Gasteiger partial charge in [0.15, 0.2) is 0 Å². The van der Waals surface area contributed by atoms with E-state index >= 15 is 0 Å². The van der Waals surface area contributed by atoms with E-state index in [-0.39, 0.29) is 11.7 Å². The molecule has 1 heterocycles. The van der Waals surface area contributed by atoms with Crippen LogP contribution in [0.3, 0.4) is 0 Å². The Balaban J connectivity index is 2.36. The van der Waals surface area contributed by atoms with Crippen molar-refractivity contribution in [3.05, 3.63) is 55.3 Å². The molecule has 1 atom stereocenters. The molecule has 0 radical (unpaired) electrons. The van der Waals surface area contributed by atoms with Crippen molar-refractivity contribution in [2.75, 3.05) is 5.32 Å². The number of benzene rings is 1. The van der Waals surface area contributed by atoms with Crippen molar-refractivity contribution >= 4 is 22.7 Å². The molecular weight excluding hydrogens is 286 g/mol. The maximum atomic E-state index is 11.1. The molecule has 0 bridgehead atoms. The summed E-state index contributed by atoms with van der Waals surface area (Å²) in [5.74, 6) is 0. The van der Waals surface area contributed by atoms with Gasteiger partial charge in [0, 0.05) is 21.9 Å². The normalized spacial score (nSPS) is 11.7. The van der Waals surface area contributed by atoms with Crippen molar-refractivity contribution in [2.24, 2.45) is 0 Å². The van der Waals surface area contributed by atoms with Crippen LogP contribution >= 0.6 is 11.3 Å². The molecule has 0 saturated carbocycles. The molecule has 1 aromatic carbocycles. The molecule has 108 valence electrons. The zero-order valence-corrected chi connectivity index (χ0v) is 12.8. The van der Waals surface area contributed by atoms with E-state index in [4.69, 9.17) is 5.26 Å². The minimum Gasteiger partial charge on any atom is -0.373 e. The number of rotatable bonds is 4. The minimum absolute atomic E-state index is 0.0227. The van der Waals surface area contributed by atoms with Crippen molar-refractivity contribution in [1.82, 2.24) is 0 Å². The fourth-order valence-corrected chi connectivity index (χ4v) is 3.29. The van der Waals surface area contributed by atoms with Crippen LogP contribution in [0.2, 0.25) is 0 Å². The van der Waals surface area contributed by atoms with Gasteiger partial charge in [-0.2, -0.15) is 5.26 Å². The summed E-state index contributed by atoms with van der Waals surface area (Å²) in [5.41, 5.74) is 1.86. The highest BCUT2D eigenvalue weighted by Gasteiger charge is 2.18. The Morgan fingerprint density at radius 2 is 2.10 bits per heavy atom. The summed E-state index contributed by atoms with van der Waals surface area (Å²) < 4.78 is 0. The molecule has 6 heteroatoms. The van der Waals surface area contributed by atoms with Gasteiger partial charge in [-0.15, -0.1) is 11.3 Å². The van der Waals surface area contributed by atoms with Gasteiger partial charge < -0.3 is 5.32 Å². The van der Waals surface area contributed by atoms with Crippen LogP contribution in [0, 0.1) is 35.3 Å². The van der Waals surface area contributed by atoms with Gasteiger partial charge >= 0.3 is 0 Å². The van der Waals surface area contributed by atoms with E-state index in [1.165, 1.54) is 28.0 Å². The third-order valence-corrected chi connectivity index (χ3v) is 4.22. The lowest BCUT2D eigenvalue weighted by molar-refractivity contribution is -0.384. The summed E-state index contributed by atoms with van der Waals surface area (Å²) in [6, 6.07) is 8.35. The van der Waals surface area contributed by atoms with Crippen molar-refractivity contribution in [3.63, 3.8) is 0 Å². The largest absolute Gasteiger partial charge is 0.373 e. The van der Waals surface area contributed by atoms with Crippen LogP contribution in [0.1, 0.15) is 33.8 Å². The van der Waals surface area contributed by atoms with E-state index in [0.29, 0.717) is 11.3 Å². The second kappa shape index (κ2) is 5.94. The molecule has 0 amide bonds. The van der Waals surface area contributed by atoms with Gasteiger partial charge in [-0.1, -0.05) is 0 Å². The molecule has 0 saturated heterocycles. The van der Waals surface area contributed by atoms with Crippen molar-refractivity contribution in [1.29, 1.82) is 5.26 Å². The first-order valence-electron chi connectivity index (χ1n) is 6.44. The Labute approximate surface area is 127 Å². The zero-order valence-electron chi connectivity index (χ0n) is 12.0. The number of hydrogen-bond acceptors (Lipinski definition) is 5. The number of nitrogens with zero attached hydrogens (tertiary/aromatic N) is 2. The topological polar surface area (TPSA) is 79.0 Å². The van der Waals surface area contributed by atoms with E-state index in [1.807, 2.05) is 26.8 Å². The molecule has 0 fully saturated rings. The predicted octanol–water partition coefficient (Wildman–Crippen LogP) is 4.32. The fourth-order valence-electron chi connectivity index (χ4n) is 2.27. The second-order valence-electron chi connectivity index (χ2n) is 4.84. The lowest BCUT2D eigenvalue weighted by Gasteiger charge is -2.15. The van der Waals surface area contributed by atoms with Crippen LogP contribution in [0.4, 0.5) is 11.4 Å². The summed E-state index contributed by atoms with van der Waals surface area (Å²) in [5, 5.41) is 23.2. The van der Waals surface area contributed by atoms with Crippen LogP contribution in [0.25, 0.3) is 0 Å². The number of anilines is 1. The molecule has 2 rings (SSSR count). The lowest BCUT2D eigenvalue weighted by atomic mass is 10.1. The molecule has 2 aromatic rings. The molecule has 0 aliphatic rings. The Kier molecular flexibility index (Phi) is 4.24. The maximum Gasteiger partial charge on any atom is 0.292 e. The summed E-state index contributed by atoms with van der Waals surface area (Å²) in [4.78, 5) is 13.0. The van der Waals surface area contributed by atoms with E-state index in [9.17, 15) is 10.1 Å². The SMILES string of the molecule is Cc1cc(C(C)Nc2cc(C#N)ccc2[N+](=O)[O-])c(C)s1. The summed E-state index contributed by atoms with van der Waals surface area (Å²) >= 11 is 1.70. The highest BCUT2D eigenvalue weighted by molar-refractivity contribution is 7.12. The third kappa shape index (κ3) is 3.20. The molecule has 0 aliphatic carbocycles. The first kappa shape index (κ1) is 15.0. The van der Waals surface area contributed by atoms with Crippen LogP contribution in [-0.4, -0.2) is 4.92 Å². The van der Waals surface area contributed by atoms with Gasteiger partial charge in [0.25, 0.3) is 5.69 Å². The lowest BCUT2D eigenvalue weighted by Crippen LogP contribution is -2.08. The molecule has 0 aliphatic heterocycles. The maximum absolute atomic E-state index is 11.1. The Morgan fingerprint density at radius 3 is 2.62 bits per heavy atom. The molecule has 1 N–H and O–H groups in total. The van der Waals surface area contributed by atoms with Gasteiger partial charge in [0.2, 0.25) is 0 Å². The van der Waals surface area contributed by atoms with Crippen LogP contribution in [-0.2, 0) is 0 Å². The fraction of sp³-hybridized carbons (Fsp3) is 0.267. The standard InChI is InChI=1S/C15H15N3O2S/c1-9-6-13(11(3)21-9)10(2)17-14-7-12(8-16)4-5-15(14)18(19)20/h4-7,10,17H,1-3H3. The van der Waals surface area contributed by atoms with Crippen LogP contribution in [0.5, 0.6) is 0 Å². The minimum atomic E-state index is -0.443. The smallest absolute Gasteiger partial charge is 0.292 e. The number of hydrogen-bond donors (Lipinski definition) is 1. The summed E-state index contributed by atoms with van der Waals surface area (Å²) in [6.45, 7) is 6.02. The molecular formula is C15H15N3O2S. The molecule has 5 nitrogen and oxygen atoms in total. The summed E-state index contributed by atoms with van der Waals surface area (Å²) in [7, 11) is 0. The van der Waals surface area contributed by atoms with Gasteiger partial charge in [0.1, 0.15) is 5.69 Å². The average Bonchev–Trinajstić information content (AvgIpc) is 2.77. The predicted molar refractivity (Wildman–Crippen MR) is 83.6 cm³/mol. The second-order valence-corrected chi connectivity index (χ2v) is 6.30. The number of thiophene rings is 1. The van der Waals surface area contributed by atoms with Crippen molar-refractivity contribution in [2.45, 2.75) is 26.8 Å². The van der Waals surface area contributed by atoms with E-state index in [1.54, 1.807) is 11.3 Å². The number of nitrogens with one attached hydrogen (secondary N) is 1. The zero-order chi connectivity index (χ0) is 15.6. The number of nitriles is 1. The number of nitro groups is 1. The highest BCUT2D eigenvalue weighted by Crippen LogP contribution is 2.32.